The molecule has 1 amide bonds. The first-order valence-corrected chi connectivity index (χ1v) is 9.10. The van der Waals surface area contributed by atoms with E-state index in [2.05, 4.69) is 10.4 Å². The molecule has 1 heterocycles. The van der Waals surface area contributed by atoms with Gasteiger partial charge < -0.3 is 20.2 Å². The fourth-order valence-electron chi connectivity index (χ4n) is 3.05. The predicted octanol–water partition coefficient (Wildman–Crippen LogP) is 3.65. The fraction of sp³-hybridized carbons (Fsp3) is 0.238. The number of ether oxygens (including phenoxy) is 1. The van der Waals surface area contributed by atoms with Crippen LogP contribution in [0.15, 0.2) is 54.6 Å². The molecule has 0 aliphatic heterocycles. The van der Waals surface area contributed by atoms with Crippen LogP contribution in [0.5, 0.6) is 5.75 Å². The normalized spacial score (nSPS) is 11.7. The molecule has 0 aliphatic carbocycles. The van der Waals surface area contributed by atoms with E-state index >= 15 is 0 Å². The first-order chi connectivity index (χ1) is 13.9. The Morgan fingerprint density at radius 3 is 2.69 bits per heavy atom. The summed E-state index contributed by atoms with van der Waals surface area (Å²) in [6.07, 6.45) is 0. The summed E-state index contributed by atoms with van der Waals surface area (Å²) >= 11 is 0. The fourth-order valence-corrected chi connectivity index (χ4v) is 3.05. The van der Waals surface area contributed by atoms with Gasteiger partial charge in [0.05, 0.1) is 36.6 Å². The third kappa shape index (κ3) is 4.60. The molecular formula is C21H22N4O4. The van der Waals surface area contributed by atoms with E-state index in [0.717, 1.165) is 16.9 Å². The second-order valence-electron chi connectivity index (χ2n) is 6.69. The van der Waals surface area contributed by atoms with Crippen LogP contribution in [0.3, 0.4) is 0 Å². The Hall–Kier alpha value is -3.68. The lowest BCUT2D eigenvalue weighted by Gasteiger charge is -2.16. The van der Waals surface area contributed by atoms with Crippen molar-refractivity contribution in [2.75, 3.05) is 7.11 Å². The Bertz CT molecular complexity index is 1040. The zero-order chi connectivity index (χ0) is 21.0. The number of nitrogens with one attached hydrogen (secondary N) is 1. The van der Waals surface area contributed by atoms with E-state index in [9.17, 15) is 14.9 Å². The van der Waals surface area contributed by atoms with Gasteiger partial charge in [0.2, 0.25) is 0 Å². The average Bonchev–Trinajstić information content (AvgIpc) is 3.09. The summed E-state index contributed by atoms with van der Waals surface area (Å²) < 4.78 is 6.76. The van der Waals surface area contributed by atoms with E-state index in [1.807, 2.05) is 43.3 Å². The van der Waals surface area contributed by atoms with Gasteiger partial charge in [0.1, 0.15) is 5.75 Å². The maximum Gasteiger partial charge on any atom is 0.390 e. The molecule has 0 fully saturated rings. The molecular weight excluding hydrogens is 372 g/mol. The van der Waals surface area contributed by atoms with Crippen molar-refractivity contribution in [3.63, 3.8) is 0 Å². The van der Waals surface area contributed by atoms with Gasteiger partial charge in [-0.05, 0) is 48.1 Å². The van der Waals surface area contributed by atoms with Crippen LogP contribution in [0.4, 0.5) is 5.82 Å². The molecule has 8 heteroatoms. The number of hydrogen-bond acceptors (Lipinski definition) is 5. The van der Waals surface area contributed by atoms with Crippen LogP contribution in [0.2, 0.25) is 0 Å². The molecule has 29 heavy (non-hydrogen) atoms. The second kappa shape index (κ2) is 8.55. The lowest BCUT2D eigenvalue weighted by Crippen LogP contribution is -2.28. The van der Waals surface area contributed by atoms with E-state index < -0.39 is 4.92 Å². The van der Waals surface area contributed by atoms with Gasteiger partial charge in [-0.15, -0.1) is 0 Å². The van der Waals surface area contributed by atoms with Crippen molar-refractivity contribution < 1.29 is 14.5 Å². The molecule has 0 bridgehead atoms. The van der Waals surface area contributed by atoms with Crippen LogP contribution in [-0.2, 0) is 6.54 Å². The molecule has 0 unspecified atom stereocenters. The van der Waals surface area contributed by atoms with Gasteiger partial charge in [-0.3, -0.25) is 4.79 Å². The monoisotopic (exact) mass is 394 g/mol. The quantitative estimate of drug-likeness (QED) is 0.487. The minimum atomic E-state index is -0.530. The number of methoxy groups -OCH3 is 1. The highest BCUT2D eigenvalue weighted by Gasteiger charge is 2.19. The Morgan fingerprint density at radius 2 is 2.00 bits per heavy atom. The molecule has 2 aromatic carbocycles. The third-order valence-corrected chi connectivity index (χ3v) is 4.68. The first-order valence-electron chi connectivity index (χ1n) is 9.10. The van der Waals surface area contributed by atoms with Crippen molar-refractivity contribution >= 4 is 11.7 Å². The van der Waals surface area contributed by atoms with Crippen LogP contribution in [-0.4, -0.2) is 27.7 Å². The van der Waals surface area contributed by atoms with Crippen molar-refractivity contribution in [3.05, 3.63) is 87.1 Å². The Labute approximate surface area is 168 Å². The van der Waals surface area contributed by atoms with Gasteiger partial charge in [0.25, 0.3) is 5.91 Å². The Balaban J connectivity index is 1.80. The number of benzene rings is 2. The predicted molar refractivity (Wildman–Crippen MR) is 108 cm³/mol. The van der Waals surface area contributed by atoms with Gasteiger partial charge in [0.15, 0.2) is 0 Å². The first kappa shape index (κ1) is 20.1. The molecule has 3 aromatic rings. The number of amides is 1. The average molecular weight is 394 g/mol. The number of nitrogens with zero attached hydrogens (tertiary/aromatic N) is 3. The van der Waals surface area contributed by atoms with Crippen molar-refractivity contribution in [2.45, 2.75) is 26.4 Å². The molecule has 0 aliphatic rings. The molecule has 1 atom stereocenters. The molecule has 3 rings (SSSR count). The smallest absolute Gasteiger partial charge is 0.390 e. The third-order valence-electron chi connectivity index (χ3n) is 4.68. The van der Waals surface area contributed by atoms with Gasteiger partial charge >= 0.3 is 5.82 Å². The molecule has 1 aromatic heterocycles. The maximum atomic E-state index is 12.9. The van der Waals surface area contributed by atoms with Gasteiger partial charge in [-0.1, -0.05) is 30.3 Å². The van der Waals surface area contributed by atoms with Gasteiger partial charge in [-0.2, -0.15) is 4.68 Å². The van der Waals surface area contributed by atoms with E-state index in [1.54, 1.807) is 26.2 Å². The molecule has 0 saturated carbocycles. The molecule has 0 saturated heterocycles. The minimum absolute atomic E-state index is 0.212. The summed E-state index contributed by atoms with van der Waals surface area (Å²) in [6.45, 7) is 3.90. The zero-order valence-electron chi connectivity index (χ0n) is 16.5. The maximum absolute atomic E-state index is 12.9. The lowest BCUT2D eigenvalue weighted by atomic mass is 10.0. The number of hydrogen-bond donors (Lipinski definition) is 1. The van der Waals surface area contributed by atoms with E-state index in [4.69, 9.17) is 4.74 Å². The number of nitro groups is 1. The minimum Gasteiger partial charge on any atom is -0.497 e. The number of aromatic nitrogens is 2. The molecule has 0 spiro atoms. The van der Waals surface area contributed by atoms with Crippen LogP contribution < -0.4 is 10.1 Å². The van der Waals surface area contributed by atoms with Gasteiger partial charge in [0, 0.05) is 5.56 Å². The van der Waals surface area contributed by atoms with Crippen LogP contribution in [0.1, 0.15) is 40.1 Å². The van der Waals surface area contributed by atoms with Gasteiger partial charge in [-0.25, -0.2) is 0 Å². The summed E-state index contributed by atoms with van der Waals surface area (Å²) in [7, 11) is 1.60. The van der Waals surface area contributed by atoms with Crippen LogP contribution >= 0.6 is 0 Å². The highest BCUT2D eigenvalue weighted by Crippen LogP contribution is 2.20. The lowest BCUT2D eigenvalue weighted by molar-refractivity contribution is -0.389. The standard InChI is InChI=1S/C21H22N4O4/c1-14-11-20(25(27)28)23-24(14)13-17-7-4-5-10-19(17)21(26)22-15(2)16-8-6-9-18(12-16)29-3/h4-12,15H,13H2,1-3H3,(H,22,26)/t15-/m1/s1. The molecule has 0 radical (unpaired) electrons. The highest BCUT2D eigenvalue weighted by atomic mass is 16.6. The Kier molecular flexibility index (Phi) is 5.92. The molecule has 8 nitrogen and oxygen atoms in total. The van der Waals surface area contributed by atoms with Crippen LogP contribution in [0.25, 0.3) is 0 Å². The van der Waals surface area contributed by atoms with Crippen molar-refractivity contribution in [1.82, 2.24) is 15.1 Å². The number of rotatable bonds is 7. The molecule has 150 valence electrons. The summed E-state index contributed by atoms with van der Waals surface area (Å²) in [6, 6.07) is 15.9. The summed E-state index contributed by atoms with van der Waals surface area (Å²) in [4.78, 5) is 23.3. The zero-order valence-corrected chi connectivity index (χ0v) is 16.5. The molecule has 1 N–H and O–H groups in total. The summed E-state index contributed by atoms with van der Waals surface area (Å²) in [5.74, 6) is 0.283. The highest BCUT2D eigenvalue weighted by molar-refractivity contribution is 5.95. The number of carbonyl (C=O) groups excluding carboxylic acids is 1. The second-order valence-corrected chi connectivity index (χ2v) is 6.69. The topological polar surface area (TPSA) is 99.3 Å². The Morgan fingerprint density at radius 1 is 1.24 bits per heavy atom. The largest absolute Gasteiger partial charge is 0.497 e. The van der Waals surface area contributed by atoms with Crippen molar-refractivity contribution in [1.29, 1.82) is 0 Å². The number of aryl methyl sites for hydroxylation is 1. The summed E-state index contributed by atoms with van der Waals surface area (Å²) in [5, 5.41) is 18.0. The number of carbonyl (C=O) groups is 1. The van der Waals surface area contributed by atoms with Crippen molar-refractivity contribution in [3.8, 4) is 5.75 Å². The van der Waals surface area contributed by atoms with E-state index in [0.29, 0.717) is 11.3 Å². The van der Waals surface area contributed by atoms with E-state index in [-0.39, 0.29) is 24.3 Å². The van der Waals surface area contributed by atoms with E-state index in [1.165, 1.54) is 10.7 Å². The summed E-state index contributed by atoms with van der Waals surface area (Å²) in [5.41, 5.74) is 2.80. The van der Waals surface area contributed by atoms with Crippen molar-refractivity contribution in [2.24, 2.45) is 0 Å². The SMILES string of the molecule is COc1cccc([C@@H](C)NC(=O)c2ccccc2Cn2nc([N+](=O)[O-])cc2C)c1. The van der Waals surface area contributed by atoms with Crippen LogP contribution in [0, 0.1) is 17.0 Å².